The molecule has 0 saturated heterocycles. The van der Waals surface area contributed by atoms with Crippen molar-refractivity contribution in [2.45, 2.75) is 20.3 Å². The summed E-state index contributed by atoms with van der Waals surface area (Å²) in [5.74, 6) is 0.303. The third kappa shape index (κ3) is 5.47. The number of aryl methyl sites for hydroxylation is 1. The molecule has 0 spiro atoms. The minimum Gasteiger partial charge on any atom is -0.492 e. The molecule has 0 aliphatic heterocycles. The van der Waals surface area contributed by atoms with Gasteiger partial charge in [0.15, 0.2) is 0 Å². The molecule has 0 radical (unpaired) electrons. The van der Waals surface area contributed by atoms with Gasteiger partial charge in [-0.1, -0.05) is 25.1 Å². The topological polar surface area (TPSA) is 62.1 Å². The fraction of sp³-hybridized carbons (Fsp3) is 0.200. The first kappa shape index (κ1) is 18.8. The van der Waals surface area contributed by atoms with Gasteiger partial charge < -0.3 is 10.1 Å². The Morgan fingerprint density at radius 1 is 1.32 bits per heavy atom. The Kier molecular flexibility index (Phi) is 6.79. The summed E-state index contributed by atoms with van der Waals surface area (Å²) < 4.78 is 6.38. The minimum absolute atomic E-state index is 0.0376. The Hall–Kier alpha value is -2.58. The zero-order chi connectivity index (χ0) is 18.2. The molecule has 2 aromatic rings. The van der Waals surface area contributed by atoms with E-state index in [2.05, 4.69) is 21.2 Å². The number of carbonyl (C=O) groups excluding carboxylic acids is 1. The van der Waals surface area contributed by atoms with Crippen LogP contribution in [0.3, 0.4) is 0 Å². The Morgan fingerprint density at radius 2 is 2.12 bits per heavy atom. The molecule has 5 heteroatoms. The number of benzene rings is 2. The van der Waals surface area contributed by atoms with Crippen molar-refractivity contribution in [2.75, 3.05) is 11.9 Å². The maximum absolute atomic E-state index is 12.3. The van der Waals surface area contributed by atoms with Crippen molar-refractivity contribution in [3.8, 4) is 11.8 Å². The van der Waals surface area contributed by atoms with E-state index < -0.39 is 5.91 Å². The summed E-state index contributed by atoms with van der Waals surface area (Å²) in [7, 11) is 0. The lowest BCUT2D eigenvalue weighted by atomic mass is 10.1. The lowest BCUT2D eigenvalue weighted by Crippen LogP contribution is -2.13. The van der Waals surface area contributed by atoms with Crippen molar-refractivity contribution in [3.05, 3.63) is 63.6 Å². The Morgan fingerprint density at radius 3 is 2.76 bits per heavy atom. The number of ether oxygens (including phenoxy) is 1. The summed E-state index contributed by atoms with van der Waals surface area (Å²) in [6, 6.07) is 14.8. The van der Waals surface area contributed by atoms with Gasteiger partial charge in [-0.3, -0.25) is 4.79 Å². The molecule has 4 nitrogen and oxygen atoms in total. The van der Waals surface area contributed by atoms with Crippen LogP contribution in [0.5, 0.6) is 5.75 Å². The Bertz CT molecular complexity index is 838. The molecule has 1 N–H and O–H groups in total. The van der Waals surface area contributed by atoms with Crippen LogP contribution in [0.25, 0.3) is 6.08 Å². The first-order chi connectivity index (χ1) is 12.0. The third-order valence-corrected chi connectivity index (χ3v) is 3.99. The molecule has 0 saturated carbocycles. The van der Waals surface area contributed by atoms with Gasteiger partial charge in [0, 0.05) is 5.69 Å². The second-order valence-electron chi connectivity index (χ2n) is 5.53. The number of nitrogens with one attached hydrogen (secondary N) is 1. The van der Waals surface area contributed by atoms with Crippen LogP contribution in [0.2, 0.25) is 0 Å². The molecule has 0 bridgehead atoms. The van der Waals surface area contributed by atoms with Gasteiger partial charge in [-0.25, -0.2) is 0 Å². The molecule has 0 heterocycles. The zero-order valence-electron chi connectivity index (χ0n) is 14.2. The van der Waals surface area contributed by atoms with E-state index in [9.17, 15) is 10.1 Å². The number of amides is 1. The van der Waals surface area contributed by atoms with Crippen molar-refractivity contribution in [2.24, 2.45) is 0 Å². The average Bonchev–Trinajstić information content (AvgIpc) is 2.58. The van der Waals surface area contributed by atoms with E-state index in [-0.39, 0.29) is 5.57 Å². The highest BCUT2D eigenvalue weighted by molar-refractivity contribution is 9.10. The van der Waals surface area contributed by atoms with Crippen LogP contribution in [-0.2, 0) is 4.79 Å². The molecule has 0 aliphatic rings. The quantitative estimate of drug-likeness (QED) is 0.544. The zero-order valence-corrected chi connectivity index (χ0v) is 15.8. The van der Waals surface area contributed by atoms with Crippen LogP contribution in [0.1, 0.15) is 24.5 Å². The number of nitrogens with zero attached hydrogens (tertiary/aromatic N) is 1. The molecule has 2 aromatic carbocycles. The predicted octanol–water partition coefficient (Wildman–Crippen LogP) is 5.09. The fourth-order valence-corrected chi connectivity index (χ4v) is 2.68. The average molecular weight is 399 g/mol. The molecule has 2 rings (SSSR count). The fourth-order valence-electron chi connectivity index (χ4n) is 2.17. The normalized spacial score (nSPS) is 10.9. The minimum atomic E-state index is -0.435. The monoisotopic (exact) mass is 398 g/mol. The van der Waals surface area contributed by atoms with Crippen LogP contribution < -0.4 is 10.1 Å². The number of nitriles is 1. The summed E-state index contributed by atoms with van der Waals surface area (Å²) in [5, 5.41) is 12.1. The van der Waals surface area contributed by atoms with Crippen molar-refractivity contribution < 1.29 is 9.53 Å². The predicted molar refractivity (Wildman–Crippen MR) is 103 cm³/mol. The molecule has 0 unspecified atom stereocenters. The molecule has 25 heavy (non-hydrogen) atoms. The summed E-state index contributed by atoms with van der Waals surface area (Å²) in [5.41, 5.74) is 2.48. The van der Waals surface area contributed by atoms with E-state index in [1.54, 1.807) is 12.1 Å². The number of hydrogen-bond acceptors (Lipinski definition) is 3. The first-order valence-electron chi connectivity index (χ1n) is 7.95. The highest BCUT2D eigenvalue weighted by Gasteiger charge is 2.10. The molecule has 0 atom stereocenters. The van der Waals surface area contributed by atoms with Gasteiger partial charge in [0.1, 0.15) is 17.4 Å². The maximum atomic E-state index is 12.3. The number of anilines is 1. The van der Waals surface area contributed by atoms with Crippen LogP contribution >= 0.6 is 15.9 Å². The maximum Gasteiger partial charge on any atom is 0.266 e. The Balaban J connectivity index is 2.17. The molecule has 0 aromatic heterocycles. The van der Waals surface area contributed by atoms with Gasteiger partial charge in [0.25, 0.3) is 5.91 Å². The number of rotatable bonds is 6. The van der Waals surface area contributed by atoms with Crippen LogP contribution in [0, 0.1) is 18.3 Å². The van der Waals surface area contributed by atoms with Gasteiger partial charge in [0.05, 0.1) is 11.1 Å². The summed E-state index contributed by atoms with van der Waals surface area (Å²) >= 11 is 3.45. The molecular weight excluding hydrogens is 380 g/mol. The van der Waals surface area contributed by atoms with Gasteiger partial charge in [-0.2, -0.15) is 5.26 Å². The molecular formula is C20H19BrN2O2. The first-order valence-corrected chi connectivity index (χ1v) is 8.75. The molecule has 1 amide bonds. The highest BCUT2D eigenvalue weighted by Crippen LogP contribution is 2.27. The van der Waals surface area contributed by atoms with E-state index >= 15 is 0 Å². The van der Waals surface area contributed by atoms with Gasteiger partial charge in [0.2, 0.25) is 0 Å². The SMILES string of the molecule is CCCOc1ccc(/C=C(\C#N)C(=O)Nc2cccc(C)c2)cc1Br. The van der Waals surface area contributed by atoms with Gasteiger partial charge in [-0.15, -0.1) is 0 Å². The van der Waals surface area contributed by atoms with Crippen LogP contribution in [0.15, 0.2) is 52.5 Å². The lowest BCUT2D eigenvalue weighted by Gasteiger charge is -2.08. The van der Waals surface area contributed by atoms with E-state index in [0.29, 0.717) is 12.3 Å². The van der Waals surface area contributed by atoms with Crippen molar-refractivity contribution in [3.63, 3.8) is 0 Å². The standard InChI is InChI=1S/C20H19BrN2O2/c1-3-9-25-19-8-7-15(12-18(19)21)11-16(13-22)20(24)23-17-6-4-5-14(2)10-17/h4-8,10-12H,3,9H2,1-2H3,(H,23,24)/b16-11+. The summed E-state index contributed by atoms with van der Waals surface area (Å²) in [6.45, 7) is 4.61. The molecule has 0 fully saturated rings. The van der Waals surface area contributed by atoms with Crippen molar-refractivity contribution in [1.29, 1.82) is 5.26 Å². The second-order valence-corrected chi connectivity index (χ2v) is 6.39. The van der Waals surface area contributed by atoms with E-state index in [0.717, 1.165) is 27.8 Å². The number of carbonyl (C=O) groups is 1. The van der Waals surface area contributed by atoms with E-state index in [4.69, 9.17) is 4.74 Å². The van der Waals surface area contributed by atoms with Crippen molar-refractivity contribution >= 4 is 33.6 Å². The molecule has 128 valence electrons. The highest BCUT2D eigenvalue weighted by atomic mass is 79.9. The molecule has 0 aliphatic carbocycles. The van der Waals surface area contributed by atoms with Crippen LogP contribution in [0.4, 0.5) is 5.69 Å². The largest absolute Gasteiger partial charge is 0.492 e. The van der Waals surface area contributed by atoms with Crippen LogP contribution in [-0.4, -0.2) is 12.5 Å². The van der Waals surface area contributed by atoms with Gasteiger partial charge in [-0.05, 0) is 70.7 Å². The summed E-state index contributed by atoms with van der Waals surface area (Å²) in [6.07, 6.45) is 2.48. The third-order valence-electron chi connectivity index (χ3n) is 3.37. The van der Waals surface area contributed by atoms with Gasteiger partial charge >= 0.3 is 0 Å². The second kappa shape index (κ2) is 9.05. The summed E-state index contributed by atoms with van der Waals surface area (Å²) in [4.78, 5) is 12.3. The lowest BCUT2D eigenvalue weighted by molar-refractivity contribution is -0.112. The van der Waals surface area contributed by atoms with E-state index in [1.807, 2.05) is 56.3 Å². The smallest absolute Gasteiger partial charge is 0.266 e. The van der Waals surface area contributed by atoms with E-state index in [1.165, 1.54) is 0 Å². The number of hydrogen-bond donors (Lipinski definition) is 1. The number of halogens is 1. The van der Waals surface area contributed by atoms with Crippen molar-refractivity contribution in [1.82, 2.24) is 0 Å². The Labute approximate surface area is 156 Å².